The Morgan fingerprint density at radius 2 is 1.76 bits per heavy atom. The zero-order valence-electron chi connectivity index (χ0n) is 12.9. The number of imide groups is 1. The molecular formula is C17H14FN3O4. The normalized spacial score (nSPS) is 16.1. The molecule has 2 aromatic carbocycles. The van der Waals surface area contributed by atoms with Crippen molar-refractivity contribution >= 4 is 23.5 Å². The van der Waals surface area contributed by atoms with Gasteiger partial charge in [-0.3, -0.25) is 14.9 Å². The molecule has 3 rings (SSSR count). The summed E-state index contributed by atoms with van der Waals surface area (Å²) in [6.45, 7) is -0.228. The second-order valence-corrected chi connectivity index (χ2v) is 5.31. The van der Waals surface area contributed by atoms with E-state index in [2.05, 4.69) is 16.0 Å². The van der Waals surface area contributed by atoms with Crippen molar-refractivity contribution in [2.75, 3.05) is 11.9 Å². The molecule has 3 N–H and O–H groups in total. The van der Waals surface area contributed by atoms with Crippen molar-refractivity contribution in [3.63, 3.8) is 0 Å². The van der Waals surface area contributed by atoms with Crippen molar-refractivity contribution in [2.24, 2.45) is 0 Å². The molecule has 128 valence electrons. The summed E-state index contributed by atoms with van der Waals surface area (Å²) < 4.78 is 18.0. The number of nitrogens with one attached hydrogen (secondary N) is 3. The Morgan fingerprint density at radius 3 is 2.36 bits per heavy atom. The third-order valence-electron chi connectivity index (χ3n) is 3.49. The van der Waals surface area contributed by atoms with Crippen LogP contribution in [-0.4, -0.2) is 24.5 Å². The van der Waals surface area contributed by atoms with E-state index in [0.717, 1.165) is 0 Å². The second-order valence-electron chi connectivity index (χ2n) is 5.31. The monoisotopic (exact) mass is 343 g/mol. The highest BCUT2D eigenvalue weighted by molar-refractivity contribution is 6.04. The molecule has 0 radical (unpaired) electrons. The maximum atomic E-state index is 12.8. The number of halogens is 1. The molecule has 0 aliphatic carbocycles. The van der Waals surface area contributed by atoms with Gasteiger partial charge in [0.2, 0.25) is 0 Å². The first-order valence-electron chi connectivity index (χ1n) is 7.41. The third kappa shape index (κ3) is 4.11. The first kappa shape index (κ1) is 16.4. The van der Waals surface area contributed by atoms with Crippen LogP contribution in [0.4, 0.5) is 14.9 Å². The lowest BCUT2D eigenvalue weighted by molar-refractivity contribution is -0.120. The standard InChI is InChI=1S/C17H14FN3O4/c18-11-3-7-13(8-4-11)25-9-14(22)19-12-5-1-10(2-6-12)15-16(23)21-17(24)20-15/h1-8,15H,9H2,(H,19,22)(H2,20,21,23,24). The molecule has 1 fully saturated rings. The van der Waals surface area contributed by atoms with Crippen molar-refractivity contribution in [1.29, 1.82) is 0 Å². The van der Waals surface area contributed by atoms with Crippen LogP contribution < -0.4 is 20.7 Å². The predicted molar refractivity (Wildman–Crippen MR) is 86.4 cm³/mol. The van der Waals surface area contributed by atoms with Gasteiger partial charge in [0.1, 0.15) is 17.6 Å². The fourth-order valence-corrected chi connectivity index (χ4v) is 2.29. The average molecular weight is 343 g/mol. The molecule has 25 heavy (non-hydrogen) atoms. The smallest absolute Gasteiger partial charge is 0.322 e. The lowest BCUT2D eigenvalue weighted by Gasteiger charge is -2.10. The molecule has 2 aromatic rings. The Bertz CT molecular complexity index is 806. The quantitative estimate of drug-likeness (QED) is 0.720. The number of carbonyl (C=O) groups excluding carboxylic acids is 3. The molecule has 8 heteroatoms. The number of benzene rings is 2. The fourth-order valence-electron chi connectivity index (χ4n) is 2.29. The minimum atomic E-state index is -0.737. The summed E-state index contributed by atoms with van der Waals surface area (Å²) >= 11 is 0. The third-order valence-corrected chi connectivity index (χ3v) is 3.49. The van der Waals surface area contributed by atoms with E-state index in [0.29, 0.717) is 17.0 Å². The van der Waals surface area contributed by atoms with Gasteiger partial charge in [0.15, 0.2) is 6.61 Å². The molecule has 1 atom stereocenters. The second kappa shape index (κ2) is 7.00. The summed E-state index contributed by atoms with van der Waals surface area (Å²) in [5.74, 6) is -0.808. The van der Waals surface area contributed by atoms with Crippen LogP contribution >= 0.6 is 0 Å². The molecule has 1 heterocycles. The van der Waals surface area contributed by atoms with E-state index in [1.165, 1.54) is 24.3 Å². The topological polar surface area (TPSA) is 96.5 Å². The molecular weight excluding hydrogens is 329 g/mol. The Balaban J connectivity index is 1.54. The molecule has 0 bridgehead atoms. The largest absolute Gasteiger partial charge is 0.484 e. The molecule has 1 unspecified atom stereocenters. The Morgan fingerprint density at radius 1 is 1.08 bits per heavy atom. The van der Waals surface area contributed by atoms with Crippen LogP contribution in [-0.2, 0) is 9.59 Å². The zero-order chi connectivity index (χ0) is 17.8. The first-order valence-corrected chi connectivity index (χ1v) is 7.41. The Hall–Kier alpha value is -3.42. The molecule has 0 spiro atoms. The van der Waals surface area contributed by atoms with Crippen LogP contribution in [0.1, 0.15) is 11.6 Å². The highest BCUT2D eigenvalue weighted by atomic mass is 19.1. The number of anilines is 1. The zero-order valence-corrected chi connectivity index (χ0v) is 12.9. The Kier molecular flexibility index (Phi) is 4.60. The van der Waals surface area contributed by atoms with Crippen molar-refractivity contribution in [3.05, 3.63) is 59.9 Å². The maximum Gasteiger partial charge on any atom is 0.322 e. The molecule has 1 aliphatic heterocycles. The van der Waals surface area contributed by atoms with Gasteiger partial charge >= 0.3 is 6.03 Å². The molecule has 4 amide bonds. The summed E-state index contributed by atoms with van der Waals surface area (Å²) in [4.78, 5) is 34.6. The SMILES string of the molecule is O=C(COc1ccc(F)cc1)Nc1ccc(C2NC(=O)NC2=O)cc1. The minimum absolute atomic E-state index is 0.228. The van der Waals surface area contributed by atoms with E-state index < -0.39 is 18.0 Å². The number of hydrogen-bond donors (Lipinski definition) is 3. The highest BCUT2D eigenvalue weighted by Crippen LogP contribution is 2.19. The highest BCUT2D eigenvalue weighted by Gasteiger charge is 2.30. The van der Waals surface area contributed by atoms with Crippen molar-refractivity contribution in [1.82, 2.24) is 10.6 Å². The van der Waals surface area contributed by atoms with Crippen LogP contribution in [0.3, 0.4) is 0 Å². The van der Waals surface area contributed by atoms with Crippen LogP contribution in [0.2, 0.25) is 0 Å². The number of carbonyl (C=O) groups is 3. The number of urea groups is 1. The van der Waals surface area contributed by atoms with Gasteiger partial charge < -0.3 is 15.4 Å². The van der Waals surface area contributed by atoms with E-state index in [1.54, 1.807) is 24.3 Å². The van der Waals surface area contributed by atoms with E-state index >= 15 is 0 Å². The number of hydrogen-bond acceptors (Lipinski definition) is 4. The summed E-state index contributed by atoms with van der Waals surface area (Å²) in [5, 5.41) is 7.27. The van der Waals surface area contributed by atoms with Crippen molar-refractivity contribution < 1.29 is 23.5 Å². The van der Waals surface area contributed by atoms with E-state index in [-0.39, 0.29) is 18.3 Å². The van der Waals surface area contributed by atoms with Crippen LogP contribution in [0.15, 0.2) is 48.5 Å². The van der Waals surface area contributed by atoms with Crippen molar-refractivity contribution in [3.8, 4) is 5.75 Å². The molecule has 1 saturated heterocycles. The lowest BCUT2D eigenvalue weighted by Crippen LogP contribution is -2.22. The van der Waals surface area contributed by atoms with Gasteiger partial charge in [-0.1, -0.05) is 12.1 Å². The number of ether oxygens (including phenoxy) is 1. The molecule has 1 aliphatic rings. The first-order chi connectivity index (χ1) is 12.0. The van der Waals surface area contributed by atoms with Crippen molar-refractivity contribution in [2.45, 2.75) is 6.04 Å². The van der Waals surface area contributed by atoms with Gasteiger partial charge in [-0.05, 0) is 42.0 Å². The van der Waals surface area contributed by atoms with Gasteiger partial charge in [-0.15, -0.1) is 0 Å². The van der Waals surface area contributed by atoms with Gasteiger partial charge in [-0.2, -0.15) is 0 Å². The van der Waals surface area contributed by atoms with E-state index in [1.807, 2.05) is 0 Å². The summed E-state index contributed by atoms with van der Waals surface area (Å²) in [6.07, 6.45) is 0. The Labute approximate surface area is 142 Å². The fraction of sp³-hybridized carbons (Fsp3) is 0.118. The van der Waals surface area contributed by atoms with E-state index in [9.17, 15) is 18.8 Å². The van der Waals surface area contributed by atoms with Gasteiger partial charge in [0.25, 0.3) is 11.8 Å². The molecule has 0 saturated carbocycles. The number of rotatable bonds is 5. The van der Waals surface area contributed by atoms with Gasteiger partial charge in [-0.25, -0.2) is 9.18 Å². The van der Waals surface area contributed by atoms with Gasteiger partial charge in [0.05, 0.1) is 0 Å². The van der Waals surface area contributed by atoms with Crippen LogP contribution in [0, 0.1) is 5.82 Å². The molecule has 0 aromatic heterocycles. The van der Waals surface area contributed by atoms with Crippen LogP contribution in [0.5, 0.6) is 5.75 Å². The van der Waals surface area contributed by atoms with Gasteiger partial charge in [0, 0.05) is 5.69 Å². The summed E-state index contributed by atoms with van der Waals surface area (Å²) in [6, 6.07) is 10.6. The maximum absolute atomic E-state index is 12.8. The summed E-state index contributed by atoms with van der Waals surface area (Å²) in [7, 11) is 0. The predicted octanol–water partition coefficient (Wildman–Crippen LogP) is 1.72. The lowest BCUT2D eigenvalue weighted by atomic mass is 10.1. The average Bonchev–Trinajstić information content (AvgIpc) is 2.93. The van der Waals surface area contributed by atoms with Crippen LogP contribution in [0.25, 0.3) is 0 Å². The number of amides is 4. The molecule has 7 nitrogen and oxygen atoms in total. The minimum Gasteiger partial charge on any atom is -0.484 e. The van der Waals surface area contributed by atoms with E-state index in [4.69, 9.17) is 4.74 Å². The summed E-state index contributed by atoms with van der Waals surface area (Å²) in [5.41, 5.74) is 1.12.